The zero-order valence-corrected chi connectivity index (χ0v) is 11.5. The lowest BCUT2D eigenvalue weighted by Crippen LogP contribution is -2.23. The molecule has 0 aromatic carbocycles. The standard InChI is InChI=1S/C13H11N5O4/c1-7-4-9(17-21-7)13(20)15-6-11-16-12(18-22-11)8-2-3-14-10(19)5-8/h2-5H,6H2,1H3,(H,14,19)(H,15,20). The summed E-state index contributed by atoms with van der Waals surface area (Å²) in [5.41, 5.74) is 0.433. The fourth-order valence-electron chi connectivity index (χ4n) is 1.75. The fraction of sp³-hybridized carbons (Fsp3) is 0.154. The van der Waals surface area contributed by atoms with Crippen LogP contribution < -0.4 is 10.9 Å². The third kappa shape index (κ3) is 2.92. The van der Waals surface area contributed by atoms with Gasteiger partial charge in [0.1, 0.15) is 5.76 Å². The number of hydrogen-bond donors (Lipinski definition) is 2. The summed E-state index contributed by atoms with van der Waals surface area (Å²) < 4.78 is 9.83. The number of nitrogens with zero attached hydrogens (tertiary/aromatic N) is 3. The van der Waals surface area contributed by atoms with Crippen LogP contribution in [-0.4, -0.2) is 26.2 Å². The van der Waals surface area contributed by atoms with Crippen LogP contribution in [0.25, 0.3) is 11.4 Å². The summed E-state index contributed by atoms with van der Waals surface area (Å²) in [7, 11) is 0. The molecule has 3 aromatic rings. The number of rotatable bonds is 4. The molecule has 9 nitrogen and oxygen atoms in total. The van der Waals surface area contributed by atoms with Crippen LogP contribution in [0.2, 0.25) is 0 Å². The molecule has 0 unspecified atom stereocenters. The van der Waals surface area contributed by atoms with Crippen molar-refractivity contribution in [3.05, 3.63) is 52.1 Å². The van der Waals surface area contributed by atoms with Gasteiger partial charge in [-0.15, -0.1) is 0 Å². The first kappa shape index (κ1) is 13.7. The van der Waals surface area contributed by atoms with E-state index in [2.05, 4.69) is 25.6 Å². The molecule has 0 saturated carbocycles. The second-order valence-corrected chi connectivity index (χ2v) is 4.46. The molecule has 1 amide bonds. The van der Waals surface area contributed by atoms with Gasteiger partial charge in [-0.3, -0.25) is 9.59 Å². The number of carbonyl (C=O) groups is 1. The summed E-state index contributed by atoms with van der Waals surface area (Å²) in [5.74, 6) is 0.615. The molecule has 3 aromatic heterocycles. The number of pyridine rings is 1. The molecule has 0 aliphatic heterocycles. The largest absolute Gasteiger partial charge is 0.361 e. The SMILES string of the molecule is Cc1cc(C(=O)NCc2nc(-c3cc[nH]c(=O)c3)no2)no1. The monoisotopic (exact) mass is 301 g/mol. The van der Waals surface area contributed by atoms with Crippen molar-refractivity contribution in [3.8, 4) is 11.4 Å². The molecular weight excluding hydrogens is 290 g/mol. The van der Waals surface area contributed by atoms with Crippen molar-refractivity contribution in [2.24, 2.45) is 0 Å². The van der Waals surface area contributed by atoms with Gasteiger partial charge in [0.15, 0.2) is 5.69 Å². The van der Waals surface area contributed by atoms with Crippen molar-refractivity contribution in [2.75, 3.05) is 0 Å². The van der Waals surface area contributed by atoms with Crippen LogP contribution >= 0.6 is 0 Å². The molecule has 0 radical (unpaired) electrons. The van der Waals surface area contributed by atoms with E-state index in [0.717, 1.165) is 0 Å². The van der Waals surface area contributed by atoms with Gasteiger partial charge in [-0.25, -0.2) is 0 Å². The molecule has 0 aliphatic carbocycles. The van der Waals surface area contributed by atoms with E-state index in [1.165, 1.54) is 18.3 Å². The van der Waals surface area contributed by atoms with E-state index >= 15 is 0 Å². The van der Waals surface area contributed by atoms with Crippen molar-refractivity contribution in [1.29, 1.82) is 0 Å². The predicted octanol–water partition coefficient (Wildman–Crippen LogP) is 0.651. The Balaban J connectivity index is 1.67. The average molecular weight is 301 g/mol. The third-order valence-corrected chi connectivity index (χ3v) is 2.76. The summed E-state index contributed by atoms with van der Waals surface area (Å²) in [6.45, 7) is 1.73. The van der Waals surface area contributed by atoms with Crippen LogP contribution in [-0.2, 0) is 6.54 Å². The Kier molecular flexibility index (Phi) is 3.52. The molecule has 0 bridgehead atoms. The average Bonchev–Trinajstić information content (AvgIpc) is 3.14. The second kappa shape index (κ2) is 5.64. The Bertz CT molecular complexity index is 863. The molecule has 9 heteroatoms. The quantitative estimate of drug-likeness (QED) is 0.724. The molecule has 0 atom stereocenters. The highest BCUT2D eigenvalue weighted by atomic mass is 16.5. The number of hydrogen-bond acceptors (Lipinski definition) is 7. The second-order valence-electron chi connectivity index (χ2n) is 4.46. The zero-order chi connectivity index (χ0) is 15.5. The maximum atomic E-state index is 11.8. The van der Waals surface area contributed by atoms with Gasteiger partial charge in [0.05, 0.1) is 6.54 Å². The molecule has 0 spiro atoms. The highest BCUT2D eigenvalue weighted by molar-refractivity contribution is 5.92. The summed E-state index contributed by atoms with van der Waals surface area (Å²) in [5, 5.41) is 9.94. The summed E-state index contributed by atoms with van der Waals surface area (Å²) in [6.07, 6.45) is 1.49. The maximum Gasteiger partial charge on any atom is 0.273 e. The Morgan fingerprint density at radius 3 is 2.91 bits per heavy atom. The summed E-state index contributed by atoms with van der Waals surface area (Å²) in [6, 6.07) is 4.52. The highest BCUT2D eigenvalue weighted by Crippen LogP contribution is 2.12. The molecule has 112 valence electrons. The van der Waals surface area contributed by atoms with E-state index in [9.17, 15) is 9.59 Å². The Labute approximate surface area is 123 Å². The lowest BCUT2D eigenvalue weighted by Gasteiger charge is -1.97. The van der Waals surface area contributed by atoms with Crippen LogP contribution in [0, 0.1) is 6.92 Å². The minimum atomic E-state index is -0.409. The van der Waals surface area contributed by atoms with E-state index in [4.69, 9.17) is 9.05 Å². The third-order valence-electron chi connectivity index (χ3n) is 2.76. The molecule has 3 rings (SSSR count). The van der Waals surface area contributed by atoms with Crippen LogP contribution in [0.1, 0.15) is 22.1 Å². The van der Waals surface area contributed by atoms with Gasteiger partial charge in [-0.05, 0) is 13.0 Å². The lowest BCUT2D eigenvalue weighted by atomic mass is 10.2. The van der Waals surface area contributed by atoms with Crippen molar-refractivity contribution in [1.82, 2.24) is 25.6 Å². The minimum Gasteiger partial charge on any atom is -0.361 e. The lowest BCUT2D eigenvalue weighted by molar-refractivity contribution is 0.0937. The highest BCUT2D eigenvalue weighted by Gasteiger charge is 2.13. The minimum absolute atomic E-state index is 0.0426. The van der Waals surface area contributed by atoms with Gasteiger partial charge in [-0.2, -0.15) is 4.98 Å². The van der Waals surface area contributed by atoms with Crippen LogP contribution in [0.15, 0.2) is 38.2 Å². The van der Waals surface area contributed by atoms with Gasteiger partial charge in [0.25, 0.3) is 5.91 Å². The molecular formula is C13H11N5O4. The maximum absolute atomic E-state index is 11.8. The normalized spacial score (nSPS) is 10.6. The van der Waals surface area contributed by atoms with Crippen LogP contribution in [0.3, 0.4) is 0 Å². The Morgan fingerprint density at radius 2 is 2.18 bits per heavy atom. The van der Waals surface area contributed by atoms with Gasteiger partial charge >= 0.3 is 0 Å². The first-order chi connectivity index (χ1) is 10.6. The summed E-state index contributed by atoms with van der Waals surface area (Å²) >= 11 is 0. The number of nitrogens with one attached hydrogen (secondary N) is 2. The van der Waals surface area contributed by atoms with E-state index in [1.54, 1.807) is 13.0 Å². The van der Waals surface area contributed by atoms with Gasteiger partial charge in [0.2, 0.25) is 17.3 Å². The van der Waals surface area contributed by atoms with Gasteiger partial charge in [0, 0.05) is 23.9 Å². The molecule has 22 heavy (non-hydrogen) atoms. The van der Waals surface area contributed by atoms with Crippen LogP contribution in [0.4, 0.5) is 0 Å². The molecule has 0 fully saturated rings. The Hall–Kier alpha value is -3.23. The topological polar surface area (TPSA) is 127 Å². The molecule has 2 N–H and O–H groups in total. The fourth-order valence-corrected chi connectivity index (χ4v) is 1.75. The van der Waals surface area contributed by atoms with E-state index in [-0.39, 0.29) is 29.5 Å². The molecule has 3 heterocycles. The number of aryl methyl sites for hydroxylation is 1. The first-order valence-corrected chi connectivity index (χ1v) is 6.35. The zero-order valence-electron chi connectivity index (χ0n) is 11.5. The predicted molar refractivity (Wildman–Crippen MR) is 72.8 cm³/mol. The van der Waals surface area contributed by atoms with Crippen LogP contribution in [0.5, 0.6) is 0 Å². The van der Waals surface area contributed by atoms with Gasteiger partial charge < -0.3 is 19.3 Å². The number of aromatic nitrogens is 4. The smallest absolute Gasteiger partial charge is 0.273 e. The number of H-pyrrole nitrogens is 1. The van der Waals surface area contributed by atoms with Crippen molar-refractivity contribution < 1.29 is 13.8 Å². The van der Waals surface area contributed by atoms with Gasteiger partial charge in [-0.1, -0.05) is 10.3 Å². The number of carbonyl (C=O) groups excluding carboxylic acids is 1. The van der Waals surface area contributed by atoms with Crippen molar-refractivity contribution >= 4 is 5.91 Å². The van der Waals surface area contributed by atoms with Crippen molar-refractivity contribution in [2.45, 2.75) is 13.5 Å². The van der Waals surface area contributed by atoms with E-state index in [0.29, 0.717) is 11.3 Å². The van der Waals surface area contributed by atoms with E-state index < -0.39 is 5.91 Å². The summed E-state index contributed by atoms with van der Waals surface area (Å²) in [4.78, 5) is 29.6. The number of amides is 1. The van der Waals surface area contributed by atoms with E-state index in [1.807, 2.05) is 0 Å². The molecule has 0 aliphatic rings. The van der Waals surface area contributed by atoms with Crippen molar-refractivity contribution in [3.63, 3.8) is 0 Å². The number of aromatic amines is 1. The molecule has 0 saturated heterocycles. The Morgan fingerprint density at radius 1 is 1.32 bits per heavy atom. The first-order valence-electron chi connectivity index (χ1n) is 6.35.